The SMILES string of the molecule is CCCn1cc(NCc2ccco2)c(C)n1.Cl. The lowest BCUT2D eigenvalue weighted by Gasteiger charge is -2.01. The van der Waals surface area contributed by atoms with E-state index < -0.39 is 0 Å². The molecule has 2 heterocycles. The fourth-order valence-corrected chi connectivity index (χ4v) is 1.63. The minimum Gasteiger partial charge on any atom is -0.467 e. The zero-order chi connectivity index (χ0) is 11.4. The van der Waals surface area contributed by atoms with Crippen LogP contribution in [-0.4, -0.2) is 9.78 Å². The van der Waals surface area contributed by atoms with E-state index in [4.69, 9.17) is 4.42 Å². The van der Waals surface area contributed by atoms with E-state index in [0.29, 0.717) is 6.54 Å². The number of aryl methyl sites for hydroxylation is 2. The molecule has 2 rings (SSSR count). The van der Waals surface area contributed by atoms with E-state index in [1.54, 1.807) is 6.26 Å². The van der Waals surface area contributed by atoms with Gasteiger partial charge in [-0.05, 0) is 25.5 Å². The minimum atomic E-state index is 0. The van der Waals surface area contributed by atoms with Crippen LogP contribution in [0, 0.1) is 6.92 Å². The molecule has 0 unspecified atom stereocenters. The number of hydrogen-bond donors (Lipinski definition) is 1. The monoisotopic (exact) mass is 255 g/mol. The number of aromatic nitrogens is 2. The van der Waals surface area contributed by atoms with Crippen molar-refractivity contribution in [3.8, 4) is 0 Å². The Balaban J connectivity index is 0.00000144. The van der Waals surface area contributed by atoms with Crippen LogP contribution in [0.25, 0.3) is 0 Å². The summed E-state index contributed by atoms with van der Waals surface area (Å²) in [6.07, 6.45) is 4.82. The van der Waals surface area contributed by atoms with E-state index >= 15 is 0 Å². The van der Waals surface area contributed by atoms with E-state index in [1.807, 2.05) is 29.9 Å². The molecule has 5 heteroatoms. The van der Waals surface area contributed by atoms with Crippen molar-refractivity contribution in [2.24, 2.45) is 0 Å². The maximum absolute atomic E-state index is 5.26. The maximum Gasteiger partial charge on any atom is 0.122 e. The molecule has 1 N–H and O–H groups in total. The summed E-state index contributed by atoms with van der Waals surface area (Å²) in [5, 5.41) is 7.74. The van der Waals surface area contributed by atoms with Gasteiger partial charge in [0.25, 0.3) is 0 Å². The van der Waals surface area contributed by atoms with E-state index in [0.717, 1.165) is 30.1 Å². The quantitative estimate of drug-likeness (QED) is 0.892. The molecule has 0 aliphatic rings. The summed E-state index contributed by atoms with van der Waals surface area (Å²) in [5.41, 5.74) is 2.10. The van der Waals surface area contributed by atoms with Gasteiger partial charge in [-0.25, -0.2) is 0 Å². The van der Waals surface area contributed by atoms with Crippen LogP contribution in [0.3, 0.4) is 0 Å². The standard InChI is InChI=1S/C12H17N3O.ClH/c1-3-6-15-9-12(10(2)14-15)13-8-11-5-4-7-16-11;/h4-5,7,9,13H,3,6,8H2,1-2H3;1H. The van der Waals surface area contributed by atoms with Gasteiger partial charge in [0, 0.05) is 12.7 Å². The zero-order valence-electron chi connectivity index (χ0n) is 10.1. The molecule has 0 saturated carbocycles. The molecule has 2 aromatic rings. The molecule has 0 aliphatic heterocycles. The first-order valence-electron chi connectivity index (χ1n) is 5.60. The first-order valence-corrected chi connectivity index (χ1v) is 5.60. The predicted molar refractivity (Wildman–Crippen MR) is 70.5 cm³/mol. The van der Waals surface area contributed by atoms with Crippen LogP contribution >= 0.6 is 12.4 Å². The molecule has 0 atom stereocenters. The highest BCUT2D eigenvalue weighted by molar-refractivity contribution is 5.85. The smallest absolute Gasteiger partial charge is 0.122 e. The summed E-state index contributed by atoms with van der Waals surface area (Å²) in [7, 11) is 0. The Morgan fingerprint density at radius 2 is 2.29 bits per heavy atom. The maximum atomic E-state index is 5.26. The number of halogens is 1. The van der Waals surface area contributed by atoms with Crippen LogP contribution in [0.15, 0.2) is 29.0 Å². The third-order valence-corrected chi connectivity index (χ3v) is 2.43. The number of furan rings is 1. The second-order valence-corrected chi connectivity index (χ2v) is 3.82. The second kappa shape index (κ2) is 6.35. The van der Waals surface area contributed by atoms with E-state index in [2.05, 4.69) is 17.3 Å². The van der Waals surface area contributed by atoms with E-state index in [9.17, 15) is 0 Å². The zero-order valence-corrected chi connectivity index (χ0v) is 11.0. The lowest BCUT2D eigenvalue weighted by molar-refractivity contribution is 0.518. The Labute approximate surface area is 107 Å². The lowest BCUT2D eigenvalue weighted by Crippen LogP contribution is -1.98. The summed E-state index contributed by atoms with van der Waals surface area (Å²) in [6, 6.07) is 3.85. The molecule has 0 aromatic carbocycles. The Morgan fingerprint density at radius 3 is 2.94 bits per heavy atom. The summed E-state index contributed by atoms with van der Waals surface area (Å²) < 4.78 is 7.23. The van der Waals surface area contributed by atoms with Gasteiger partial charge >= 0.3 is 0 Å². The number of hydrogen-bond acceptors (Lipinski definition) is 3. The van der Waals surface area contributed by atoms with Crippen molar-refractivity contribution in [2.45, 2.75) is 33.4 Å². The Morgan fingerprint density at radius 1 is 1.47 bits per heavy atom. The largest absolute Gasteiger partial charge is 0.467 e. The average Bonchev–Trinajstić information content (AvgIpc) is 2.86. The highest BCUT2D eigenvalue weighted by atomic mass is 35.5. The van der Waals surface area contributed by atoms with Crippen LogP contribution in [-0.2, 0) is 13.1 Å². The fourth-order valence-electron chi connectivity index (χ4n) is 1.63. The topological polar surface area (TPSA) is 43.0 Å². The lowest BCUT2D eigenvalue weighted by atomic mass is 10.4. The highest BCUT2D eigenvalue weighted by Crippen LogP contribution is 2.14. The summed E-state index contributed by atoms with van der Waals surface area (Å²) in [5.74, 6) is 0.933. The first kappa shape index (κ1) is 13.6. The van der Waals surface area contributed by atoms with Crippen molar-refractivity contribution in [3.63, 3.8) is 0 Å². The molecule has 0 spiro atoms. The second-order valence-electron chi connectivity index (χ2n) is 3.82. The Kier molecular flexibility index (Phi) is 5.10. The summed E-state index contributed by atoms with van der Waals surface area (Å²) >= 11 is 0. The third-order valence-electron chi connectivity index (χ3n) is 2.43. The van der Waals surface area contributed by atoms with Gasteiger partial charge in [0.15, 0.2) is 0 Å². The minimum absolute atomic E-state index is 0. The molecular weight excluding hydrogens is 238 g/mol. The summed E-state index contributed by atoms with van der Waals surface area (Å²) in [6.45, 7) is 5.82. The van der Waals surface area contributed by atoms with Gasteiger partial charge in [-0.2, -0.15) is 5.10 Å². The van der Waals surface area contributed by atoms with E-state index in [-0.39, 0.29) is 12.4 Å². The van der Waals surface area contributed by atoms with E-state index in [1.165, 1.54) is 0 Å². The van der Waals surface area contributed by atoms with Gasteiger partial charge in [0.1, 0.15) is 5.76 Å². The molecule has 2 aromatic heterocycles. The molecule has 94 valence electrons. The van der Waals surface area contributed by atoms with Crippen molar-refractivity contribution in [1.29, 1.82) is 0 Å². The van der Waals surface area contributed by atoms with Gasteiger partial charge < -0.3 is 9.73 Å². The van der Waals surface area contributed by atoms with Gasteiger partial charge in [0.05, 0.1) is 24.2 Å². The number of anilines is 1. The van der Waals surface area contributed by atoms with Crippen LogP contribution in [0.1, 0.15) is 24.8 Å². The first-order chi connectivity index (χ1) is 7.79. The summed E-state index contributed by atoms with van der Waals surface area (Å²) in [4.78, 5) is 0. The molecular formula is C12H18ClN3O. The number of rotatable bonds is 5. The molecule has 17 heavy (non-hydrogen) atoms. The van der Waals surface area contributed by atoms with Gasteiger partial charge in [-0.3, -0.25) is 4.68 Å². The number of nitrogens with zero attached hydrogens (tertiary/aromatic N) is 2. The Bertz CT molecular complexity index is 437. The highest BCUT2D eigenvalue weighted by Gasteiger charge is 2.04. The van der Waals surface area contributed by atoms with Crippen molar-refractivity contribution in [2.75, 3.05) is 5.32 Å². The van der Waals surface area contributed by atoms with Crippen LogP contribution < -0.4 is 5.32 Å². The third kappa shape index (κ3) is 3.53. The fraction of sp³-hybridized carbons (Fsp3) is 0.417. The molecule has 4 nitrogen and oxygen atoms in total. The molecule has 0 bridgehead atoms. The van der Waals surface area contributed by atoms with Crippen molar-refractivity contribution < 1.29 is 4.42 Å². The van der Waals surface area contributed by atoms with Gasteiger partial charge in [-0.15, -0.1) is 12.4 Å². The average molecular weight is 256 g/mol. The van der Waals surface area contributed by atoms with Crippen LogP contribution in [0.4, 0.5) is 5.69 Å². The van der Waals surface area contributed by atoms with Crippen LogP contribution in [0.2, 0.25) is 0 Å². The van der Waals surface area contributed by atoms with Crippen molar-refractivity contribution in [1.82, 2.24) is 9.78 Å². The molecule has 0 amide bonds. The number of nitrogens with one attached hydrogen (secondary N) is 1. The normalized spacial score (nSPS) is 10.0. The molecule has 0 radical (unpaired) electrons. The van der Waals surface area contributed by atoms with Crippen LogP contribution in [0.5, 0.6) is 0 Å². The van der Waals surface area contributed by atoms with Gasteiger partial charge in [0.2, 0.25) is 0 Å². The molecule has 0 saturated heterocycles. The van der Waals surface area contributed by atoms with Crippen molar-refractivity contribution in [3.05, 3.63) is 36.0 Å². The molecule has 0 fully saturated rings. The molecule has 0 aliphatic carbocycles. The predicted octanol–water partition coefficient (Wildman–Crippen LogP) is 3.23. The Hall–Kier alpha value is -1.42. The van der Waals surface area contributed by atoms with Gasteiger partial charge in [-0.1, -0.05) is 6.92 Å². The van der Waals surface area contributed by atoms with Crippen molar-refractivity contribution >= 4 is 18.1 Å².